The van der Waals surface area contributed by atoms with Gasteiger partial charge in [0.15, 0.2) is 0 Å². The maximum atomic E-state index is 13.6. The van der Waals surface area contributed by atoms with E-state index in [0.29, 0.717) is 17.0 Å². The number of benzene rings is 2. The van der Waals surface area contributed by atoms with E-state index >= 15 is 0 Å². The predicted octanol–water partition coefficient (Wildman–Crippen LogP) is 3.18. The smallest absolute Gasteiger partial charge is 0.216 e. The SMILES string of the molecule is O=S(=O)(Cc1cc(F)ccc1F)NCc1cc(-c2ccc(F)cc2)ncn1. The molecule has 0 bridgehead atoms. The first-order chi connectivity index (χ1) is 12.8. The summed E-state index contributed by atoms with van der Waals surface area (Å²) in [5.74, 6) is -2.61. The van der Waals surface area contributed by atoms with Crippen LogP contribution in [-0.4, -0.2) is 18.4 Å². The molecule has 0 unspecified atom stereocenters. The Morgan fingerprint density at radius 3 is 2.33 bits per heavy atom. The minimum absolute atomic E-state index is 0.157. The first kappa shape index (κ1) is 19.0. The van der Waals surface area contributed by atoms with Crippen LogP contribution < -0.4 is 4.72 Å². The third-order valence-corrected chi connectivity index (χ3v) is 4.97. The van der Waals surface area contributed by atoms with Gasteiger partial charge in [-0.25, -0.2) is 36.3 Å². The van der Waals surface area contributed by atoms with Crippen LogP contribution in [0.3, 0.4) is 0 Å². The van der Waals surface area contributed by atoms with E-state index in [1.54, 1.807) is 18.2 Å². The third kappa shape index (κ3) is 5.11. The lowest BCUT2D eigenvalue weighted by atomic mass is 10.1. The maximum absolute atomic E-state index is 13.6. The summed E-state index contributed by atoms with van der Waals surface area (Å²) in [4.78, 5) is 8.05. The number of nitrogens with zero attached hydrogens (tertiary/aromatic N) is 2. The quantitative estimate of drug-likeness (QED) is 0.698. The molecule has 0 spiro atoms. The lowest BCUT2D eigenvalue weighted by Gasteiger charge is -2.08. The van der Waals surface area contributed by atoms with Gasteiger partial charge >= 0.3 is 0 Å². The number of aromatic nitrogens is 2. The average Bonchev–Trinajstić information content (AvgIpc) is 2.64. The molecule has 0 amide bonds. The van der Waals surface area contributed by atoms with Crippen LogP contribution in [0.1, 0.15) is 11.3 Å². The van der Waals surface area contributed by atoms with E-state index in [2.05, 4.69) is 14.7 Å². The van der Waals surface area contributed by atoms with Crippen LogP contribution in [0.15, 0.2) is 54.9 Å². The number of hydrogen-bond acceptors (Lipinski definition) is 4. The Hall–Kier alpha value is -2.78. The topological polar surface area (TPSA) is 72.0 Å². The summed E-state index contributed by atoms with van der Waals surface area (Å²) < 4.78 is 66.4. The Kier molecular flexibility index (Phi) is 5.52. The zero-order chi connectivity index (χ0) is 19.4. The molecular formula is C18H14F3N3O2S. The number of nitrogens with one attached hydrogen (secondary N) is 1. The minimum Gasteiger partial charge on any atom is -0.240 e. The standard InChI is InChI=1S/C18H14F3N3O2S/c19-14-3-1-12(2-4-14)18-8-16(22-11-23-18)9-24-27(25,26)10-13-7-15(20)5-6-17(13)21/h1-8,11,24H,9-10H2. The lowest BCUT2D eigenvalue weighted by molar-refractivity contribution is 0.569. The fraction of sp³-hybridized carbons (Fsp3) is 0.111. The Morgan fingerprint density at radius 1 is 0.889 bits per heavy atom. The predicted molar refractivity (Wildman–Crippen MR) is 93.2 cm³/mol. The minimum atomic E-state index is -3.92. The van der Waals surface area contributed by atoms with E-state index in [1.165, 1.54) is 18.5 Å². The van der Waals surface area contributed by atoms with E-state index in [1.807, 2.05) is 0 Å². The highest BCUT2D eigenvalue weighted by molar-refractivity contribution is 7.88. The Bertz CT molecular complexity index is 1060. The molecule has 1 N–H and O–H groups in total. The summed E-state index contributed by atoms with van der Waals surface area (Å²) in [5, 5.41) is 0. The normalized spacial score (nSPS) is 11.5. The molecule has 27 heavy (non-hydrogen) atoms. The molecule has 9 heteroatoms. The highest BCUT2D eigenvalue weighted by Gasteiger charge is 2.16. The summed E-state index contributed by atoms with van der Waals surface area (Å²) in [6.45, 7) is -0.157. The molecule has 5 nitrogen and oxygen atoms in total. The van der Waals surface area contributed by atoms with Gasteiger partial charge in [-0.15, -0.1) is 0 Å². The van der Waals surface area contributed by atoms with Gasteiger partial charge in [0.25, 0.3) is 0 Å². The summed E-state index contributed by atoms with van der Waals surface area (Å²) in [5.41, 5.74) is 1.24. The van der Waals surface area contributed by atoms with Crippen LogP contribution in [-0.2, 0) is 22.3 Å². The van der Waals surface area contributed by atoms with Gasteiger partial charge in [-0.3, -0.25) is 0 Å². The van der Waals surface area contributed by atoms with Gasteiger partial charge in [-0.1, -0.05) is 0 Å². The monoisotopic (exact) mass is 393 g/mol. The van der Waals surface area contributed by atoms with Gasteiger partial charge in [0.2, 0.25) is 10.0 Å². The van der Waals surface area contributed by atoms with Gasteiger partial charge in [-0.05, 0) is 48.5 Å². The Morgan fingerprint density at radius 2 is 1.59 bits per heavy atom. The van der Waals surface area contributed by atoms with E-state index in [-0.39, 0.29) is 17.9 Å². The summed E-state index contributed by atoms with van der Waals surface area (Å²) in [7, 11) is -3.92. The van der Waals surface area contributed by atoms with E-state index < -0.39 is 27.4 Å². The molecule has 0 saturated carbocycles. The lowest BCUT2D eigenvalue weighted by Crippen LogP contribution is -2.25. The molecule has 0 aliphatic carbocycles. The highest BCUT2D eigenvalue weighted by Crippen LogP contribution is 2.18. The fourth-order valence-corrected chi connectivity index (χ4v) is 3.47. The van der Waals surface area contributed by atoms with Crippen molar-refractivity contribution in [3.8, 4) is 11.3 Å². The first-order valence-electron chi connectivity index (χ1n) is 7.80. The van der Waals surface area contributed by atoms with Gasteiger partial charge in [0, 0.05) is 11.1 Å². The van der Waals surface area contributed by atoms with Crippen molar-refractivity contribution >= 4 is 10.0 Å². The summed E-state index contributed by atoms with van der Waals surface area (Å²) in [6.07, 6.45) is 1.26. The number of sulfonamides is 1. The largest absolute Gasteiger partial charge is 0.240 e. The molecule has 0 radical (unpaired) electrons. The molecule has 0 atom stereocenters. The van der Waals surface area contributed by atoms with Crippen molar-refractivity contribution in [2.75, 3.05) is 0 Å². The molecular weight excluding hydrogens is 379 g/mol. The molecule has 1 aromatic heterocycles. The van der Waals surface area contributed by atoms with Crippen molar-refractivity contribution in [2.45, 2.75) is 12.3 Å². The van der Waals surface area contributed by atoms with E-state index in [9.17, 15) is 21.6 Å². The molecule has 140 valence electrons. The molecule has 0 aliphatic heterocycles. The van der Waals surface area contributed by atoms with Crippen LogP contribution >= 0.6 is 0 Å². The number of hydrogen-bond donors (Lipinski definition) is 1. The van der Waals surface area contributed by atoms with Crippen LogP contribution in [0, 0.1) is 17.5 Å². The second kappa shape index (κ2) is 7.85. The van der Waals surface area contributed by atoms with E-state index in [0.717, 1.165) is 18.2 Å². The molecule has 0 saturated heterocycles. The summed E-state index contributed by atoms with van der Waals surface area (Å²) >= 11 is 0. The Balaban J connectivity index is 1.71. The van der Waals surface area contributed by atoms with Crippen molar-refractivity contribution in [3.63, 3.8) is 0 Å². The van der Waals surface area contributed by atoms with Crippen molar-refractivity contribution < 1.29 is 21.6 Å². The zero-order valence-corrected chi connectivity index (χ0v) is 14.7. The maximum Gasteiger partial charge on any atom is 0.216 e. The number of rotatable bonds is 6. The van der Waals surface area contributed by atoms with Crippen molar-refractivity contribution in [2.24, 2.45) is 0 Å². The second-order valence-corrected chi connectivity index (χ2v) is 7.52. The molecule has 3 rings (SSSR count). The van der Waals surface area contributed by atoms with Gasteiger partial charge < -0.3 is 0 Å². The van der Waals surface area contributed by atoms with Crippen LogP contribution in [0.25, 0.3) is 11.3 Å². The second-order valence-electron chi connectivity index (χ2n) is 5.72. The van der Waals surface area contributed by atoms with E-state index in [4.69, 9.17) is 0 Å². The van der Waals surface area contributed by atoms with Crippen LogP contribution in [0.2, 0.25) is 0 Å². The first-order valence-corrected chi connectivity index (χ1v) is 9.46. The Labute approximate surface area is 154 Å². The molecule has 0 aliphatic rings. The molecule has 3 aromatic rings. The average molecular weight is 393 g/mol. The molecule has 1 heterocycles. The molecule has 0 fully saturated rings. The summed E-state index contributed by atoms with van der Waals surface area (Å²) in [6, 6.07) is 9.83. The van der Waals surface area contributed by atoms with Crippen molar-refractivity contribution in [1.29, 1.82) is 0 Å². The van der Waals surface area contributed by atoms with Gasteiger partial charge in [-0.2, -0.15) is 0 Å². The molecule has 2 aromatic carbocycles. The van der Waals surface area contributed by atoms with Crippen LogP contribution in [0.4, 0.5) is 13.2 Å². The van der Waals surface area contributed by atoms with Gasteiger partial charge in [0.1, 0.15) is 23.8 Å². The third-order valence-electron chi connectivity index (χ3n) is 3.69. The highest BCUT2D eigenvalue weighted by atomic mass is 32.2. The van der Waals surface area contributed by atoms with Gasteiger partial charge in [0.05, 0.1) is 23.7 Å². The number of halogens is 3. The van der Waals surface area contributed by atoms with Crippen molar-refractivity contribution in [3.05, 3.63) is 83.6 Å². The van der Waals surface area contributed by atoms with Crippen molar-refractivity contribution in [1.82, 2.24) is 14.7 Å². The van der Waals surface area contributed by atoms with Crippen LogP contribution in [0.5, 0.6) is 0 Å². The zero-order valence-electron chi connectivity index (χ0n) is 13.9. The fourth-order valence-electron chi connectivity index (χ4n) is 2.37.